The average molecular weight is 568 g/mol. The predicted octanol–water partition coefficient (Wildman–Crippen LogP) is -0.369. The van der Waals surface area contributed by atoms with Crippen LogP contribution in [0.4, 0.5) is 11.4 Å². The number of anilines is 2. The van der Waals surface area contributed by atoms with Gasteiger partial charge in [-0.2, -0.15) is 10.2 Å². The van der Waals surface area contributed by atoms with Gasteiger partial charge in [0.25, 0.3) is 0 Å². The molecule has 0 aliphatic rings. The number of rotatable bonds is 6. The summed E-state index contributed by atoms with van der Waals surface area (Å²) in [5.41, 5.74) is 7.02. The van der Waals surface area contributed by atoms with Gasteiger partial charge in [0, 0.05) is 5.56 Å². The Hall–Kier alpha value is -3.52. The fourth-order valence-electron chi connectivity index (χ4n) is 3.68. The van der Waals surface area contributed by atoms with Crippen molar-refractivity contribution in [3.05, 3.63) is 116 Å². The van der Waals surface area contributed by atoms with Crippen molar-refractivity contribution in [1.82, 2.24) is 4.98 Å². The van der Waals surface area contributed by atoms with Gasteiger partial charge in [0.2, 0.25) is 10.9 Å². The van der Waals surface area contributed by atoms with Crippen molar-refractivity contribution in [2.75, 3.05) is 10.9 Å². The van der Waals surface area contributed by atoms with E-state index in [1.165, 1.54) is 12.1 Å². The third-order valence-corrected chi connectivity index (χ3v) is 7.83. The summed E-state index contributed by atoms with van der Waals surface area (Å²) in [7, 11) is -4.65. The van der Waals surface area contributed by atoms with Gasteiger partial charge in [0.15, 0.2) is 5.36 Å². The minimum absolute atomic E-state index is 0. The van der Waals surface area contributed by atoms with Crippen LogP contribution in [0.15, 0.2) is 104 Å². The molecule has 190 valence electrons. The molecule has 5 rings (SSSR count). The topological polar surface area (TPSA) is 153 Å². The Morgan fingerprint density at radius 3 is 2.21 bits per heavy atom. The molecule has 0 unspecified atom stereocenters. The van der Waals surface area contributed by atoms with Crippen molar-refractivity contribution < 1.29 is 42.5 Å². The number of aromatic nitrogens is 1. The second-order valence-corrected chi connectivity index (χ2v) is 10.5. The van der Waals surface area contributed by atoms with Crippen molar-refractivity contribution in [2.45, 2.75) is 11.8 Å². The monoisotopic (exact) mass is 567 g/mol. The molecule has 0 aliphatic carbocycles. The van der Waals surface area contributed by atoms with Gasteiger partial charge in [0.1, 0.15) is 20.5 Å². The van der Waals surface area contributed by atoms with Gasteiger partial charge >= 0.3 is 29.6 Å². The largest absolute Gasteiger partial charge is 1.00 e. The number of benzene rings is 4. The summed E-state index contributed by atoms with van der Waals surface area (Å²) in [4.78, 5) is 29.1. The second-order valence-electron chi connectivity index (χ2n) is 8.18. The average Bonchev–Trinajstić information content (AvgIpc) is 3.32. The predicted molar refractivity (Wildman–Crippen MR) is 144 cm³/mol. The van der Waals surface area contributed by atoms with Crippen LogP contribution in [0.25, 0.3) is 20.8 Å². The molecule has 10 nitrogen and oxygen atoms in total. The second kappa shape index (κ2) is 11.7. The maximum Gasteiger partial charge on any atom is 1.00 e. The molecule has 0 radical (unpaired) electrons. The molecule has 0 aliphatic heterocycles. The molecule has 0 atom stereocenters. The van der Waals surface area contributed by atoms with E-state index >= 15 is 0 Å². The minimum atomic E-state index is -4.65. The Kier molecular flexibility index (Phi) is 8.54. The summed E-state index contributed by atoms with van der Waals surface area (Å²) >= 11 is 1.12. The first-order valence-corrected chi connectivity index (χ1v) is 13.4. The van der Waals surface area contributed by atoms with E-state index in [0.29, 0.717) is 37.7 Å². The zero-order chi connectivity index (χ0) is 26.9. The molecule has 0 saturated heterocycles. The van der Waals surface area contributed by atoms with E-state index in [-0.39, 0.29) is 45.2 Å². The molecule has 0 spiro atoms. The van der Waals surface area contributed by atoms with E-state index in [1.54, 1.807) is 67.6 Å². The number of nitrogens with one attached hydrogen (secondary N) is 2. The summed E-state index contributed by atoms with van der Waals surface area (Å²) < 4.78 is 35.6. The molecular formula is C26H18N5NaO5S2. The van der Waals surface area contributed by atoms with E-state index in [4.69, 9.17) is 0 Å². The van der Waals surface area contributed by atoms with Crippen molar-refractivity contribution in [1.29, 1.82) is 0 Å². The zero-order valence-electron chi connectivity index (χ0n) is 20.7. The first-order valence-electron chi connectivity index (χ1n) is 11.2. The van der Waals surface area contributed by atoms with Crippen LogP contribution in [0.1, 0.15) is 5.56 Å². The third-order valence-electron chi connectivity index (χ3n) is 5.54. The van der Waals surface area contributed by atoms with Crippen molar-refractivity contribution in [3.8, 4) is 10.6 Å². The van der Waals surface area contributed by atoms with Crippen LogP contribution >= 0.6 is 11.3 Å². The van der Waals surface area contributed by atoms with Gasteiger partial charge in [-0.25, -0.2) is 13.4 Å². The molecule has 1 heterocycles. The summed E-state index contributed by atoms with van der Waals surface area (Å²) in [6.45, 7) is 1.57. The molecule has 0 bridgehead atoms. The van der Waals surface area contributed by atoms with Gasteiger partial charge in [-0.15, -0.1) is 11.3 Å². The number of aryl methyl sites for hydroxylation is 1. The third kappa shape index (κ3) is 6.22. The summed E-state index contributed by atoms with van der Waals surface area (Å²) in [5.74, 6) is 0. The van der Waals surface area contributed by atoms with Crippen LogP contribution in [0.3, 0.4) is 0 Å². The Bertz CT molecular complexity index is 2000. The number of hydrogen-bond acceptors (Lipinski definition) is 11. The van der Waals surface area contributed by atoms with Gasteiger partial charge < -0.3 is 4.55 Å². The van der Waals surface area contributed by atoms with Crippen molar-refractivity contribution in [2.24, 2.45) is 10.2 Å². The first kappa shape index (κ1) is 28.5. The minimum Gasteiger partial charge on any atom is -0.744 e. The molecule has 39 heavy (non-hydrogen) atoms. The molecular weight excluding hydrogens is 549 g/mol. The molecule has 0 saturated carbocycles. The van der Waals surface area contributed by atoms with E-state index in [1.807, 2.05) is 6.07 Å². The van der Waals surface area contributed by atoms with E-state index in [0.717, 1.165) is 11.3 Å². The van der Waals surface area contributed by atoms with E-state index in [9.17, 15) is 22.6 Å². The van der Waals surface area contributed by atoms with Crippen LogP contribution < -0.4 is 62.0 Å². The smallest absolute Gasteiger partial charge is 0.744 e. The SMILES string of the molecule is Cc1ccc2nc(-c3ccc(NN=c4ccc(=O)c(=NNc5ccccc5)c4=O)cc3)sc2c1S(=O)(=O)[O-].[Na+]. The van der Waals surface area contributed by atoms with Crippen LogP contribution in [-0.2, 0) is 10.1 Å². The van der Waals surface area contributed by atoms with Crippen LogP contribution in [0.2, 0.25) is 0 Å². The maximum atomic E-state index is 12.7. The summed E-state index contributed by atoms with van der Waals surface area (Å²) in [6, 6.07) is 21.6. The standard InChI is InChI=1S/C26H19N5O5S2.Na/c1-15-7-12-20-24(25(15)38(34,35)36)37-26(27-20)16-8-10-18(11-9-16)28-30-19-13-14-21(32)22(23(19)33)31-29-17-5-3-2-4-6-17;/h2-14,28-29H,1H3,(H,34,35,36);/q;+1/p-1. The number of fused-ring (bicyclic) bond motifs is 1. The summed E-state index contributed by atoms with van der Waals surface area (Å²) in [5, 5.41) is 8.34. The number of thiazole rings is 1. The molecule has 0 amide bonds. The van der Waals surface area contributed by atoms with Crippen LogP contribution in [-0.4, -0.2) is 18.0 Å². The molecule has 5 aromatic rings. The first-order chi connectivity index (χ1) is 18.2. The van der Waals surface area contributed by atoms with Gasteiger partial charge in [-0.1, -0.05) is 24.3 Å². The van der Waals surface area contributed by atoms with Crippen LogP contribution in [0, 0.1) is 6.92 Å². The number of nitrogens with zero attached hydrogens (tertiary/aromatic N) is 3. The fraction of sp³-hybridized carbons (Fsp3) is 0.0385. The fourth-order valence-corrected chi connectivity index (χ4v) is 5.97. The Balaban J connectivity index is 0.00000353. The van der Waals surface area contributed by atoms with E-state index in [2.05, 4.69) is 26.0 Å². The Morgan fingerprint density at radius 2 is 1.51 bits per heavy atom. The molecule has 2 N–H and O–H groups in total. The number of para-hydroxylation sites is 1. The Labute approximate surface area is 248 Å². The van der Waals surface area contributed by atoms with Crippen molar-refractivity contribution in [3.63, 3.8) is 0 Å². The zero-order valence-corrected chi connectivity index (χ0v) is 24.3. The van der Waals surface area contributed by atoms with Crippen molar-refractivity contribution >= 4 is 43.0 Å². The van der Waals surface area contributed by atoms with Gasteiger partial charge in [-0.3, -0.25) is 20.4 Å². The van der Waals surface area contributed by atoms with Crippen LogP contribution in [0.5, 0.6) is 0 Å². The molecule has 13 heteroatoms. The molecule has 4 aromatic carbocycles. The molecule has 1 aromatic heterocycles. The molecule has 0 fully saturated rings. The van der Waals surface area contributed by atoms with E-state index < -0.39 is 21.0 Å². The number of hydrogen-bond donors (Lipinski definition) is 2. The van der Waals surface area contributed by atoms with Gasteiger partial charge in [-0.05, 0) is 67.1 Å². The Morgan fingerprint density at radius 1 is 0.846 bits per heavy atom. The summed E-state index contributed by atoms with van der Waals surface area (Å²) in [6.07, 6.45) is 0. The normalized spacial score (nSPS) is 12.4. The quantitative estimate of drug-likeness (QED) is 0.160. The van der Waals surface area contributed by atoms with Gasteiger partial charge in [0.05, 0.1) is 26.5 Å². The maximum absolute atomic E-state index is 12.7.